The molecule has 4 rings (SSSR count). The Labute approximate surface area is 169 Å². The first-order valence-electron chi connectivity index (χ1n) is 9.58. The van der Waals surface area contributed by atoms with Crippen LogP contribution in [0.25, 0.3) is 0 Å². The molecule has 1 amide bonds. The number of carbonyl (C=O) groups is 2. The number of rotatable bonds is 5. The van der Waals surface area contributed by atoms with Crippen molar-refractivity contribution in [2.45, 2.75) is 25.8 Å². The van der Waals surface area contributed by atoms with Crippen LogP contribution in [0.2, 0.25) is 0 Å². The zero-order chi connectivity index (χ0) is 20.5. The van der Waals surface area contributed by atoms with Crippen molar-refractivity contribution in [2.75, 3.05) is 32.8 Å². The summed E-state index contributed by atoms with van der Waals surface area (Å²) in [7, 11) is 3.64. The second kappa shape index (κ2) is 7.75. The zero-order valence-electron chi connectivity index (χ0n) is 16.8. The van der Waals surface area contributed by atoms with Crippen LogP contribution in [0.4, 0.5) is 5.69 Å². The molecule has 7 nitrogen and oxygen atoms in total. The number of fused-ring (bicyclic) bond motifs is 2. The number of methoxy groups -OCH3 is 1. The van der Waals surface area contributed by atoms with Crippen molar-refractivity contribution in [3.8, 4) is 17.2 Å². The van der Waals surface area contributed by atoms with Crippen LogP contribution >= 0.6 is 0 Å². The Morgan fingerprint density at radius 1 is 1.24 bits per heavy atom. The molecule has 2 aliphatic rings. The molecular weight excluding hydrogens is 372 g/mol. The van der Waals surface area contributed by atoms with Gasteiger partial charge in [0.25, 0.3) is 0 Å². The molecule has 1 N–H and O–H groups in total. The van der Waals surface area contributed by atoms with Gasteiger partial charge in [0.15, 0.2) is 17.3 Å². The average Bonchev–Trinajstić information content (AvgIpc) is 3.16. The van der Waals surface area contributed by atoms with Gasteiger partial charge in [0.2, 0.25) is 18.4 Å². The fourth-order valence-electron chi connectivity index (χ4n) is 4.02. The van der Waals surface area contributed by atoms with E-state index in [0.29, 0.717) is 34.9 Å². The lowest BCUT2D eigenvalue weighted by Gasteiger charge is -2.35. The van der Waals surface area contributed by atoms with Gasteiger partial charge in [0, 0.05) is 42.7 Å². The van der Waals surface area contributed by atoms with Crippen LogP contribution in [-0.2, 0) is 11.2 Å². The van der Waals surface area contributed by atoms with Crippen molar-refractivity contribution in [1.29, 1.82) is 0 Å². The molecule has 0 fully saturated rings. The maximum absolute atomic E-state index is 13.0. The summed E-state index contributed by atoms with van der Waals surface area (Å²) in [4.78, 5) is 26.4. The van der Waals surface area contributed by atoms with E-state index < -0.39 is 0 Å². The number of benzene rings is 2. The average molecular weight is 396 g/mol. The van der Waals surface area contributed by atoms with E-state index in [9.17, 15) is 9.59 Å². The molecule has 0 spiro atoms. The van der Waals surface area contributed by atoms with Crippen molar-refractivity contribution >= 4 is 17.4 Å². The molecule has 2 heterocycles. The Balaban J connectivity index is 1.63. The molecule has 2 aliphatic heterocycles. The lowest BCUT2D eigenvalue weighted by Crippen LogP contribution is -2.34. The van der Waals surface area contributed by atoms with Gasteiger partial charge >= 0.3 is 0 Å². The highest BCUT2D eigenvalue weighted by atomic mass is 16.7. The number of ether oxygens (including phenoxy) is 3. The van der Waals surface area contributed by atoms with E-state index in [1.807, 2.05) is 13.1 Å². The molecule has 1 unspecified atom stereocenters. The minimum atomic E-state index is -0.143. The number of likely N-dealkylation sites (N-methyl/N-ethyl adjacent to an activating group) is 1. The molecule has 7 heteroatoms. The SMILES string of the molecule is COc1c2c(cc3c1C(CC(=O)c1ccc(NC(C)=O)cc1)N(C)CC3)OCO2. The molecule has 1 atom stereocenters. The van der Waals surface area contributed by atoms with Gasteiger partial charge in [-0.1, -0.05) is 0 Å². The van der Waals surface area contributed by atoms with Crippen molar-refractivity contribution in [1.82, 2.24) is 4.90 Å². The number of hydrogen-bond donors (Lipinski definition) is 1. The largest absolute Gasteiger partial charge is 0.492 e. The number of nitrogens with zero attached hydrogens (tertiary/aromatic N) is 1. The van der Waals surface area contributed by atoms with E-state index in [1.54, 1.807) is 31.4 Å². The first-order chi connectivity index (χ1) is 14.0. The Bertz CT molecular complexity index is 955. The maximum Gasteiger partial charge on any atom is 0.231 e. The smallest absolute Gasteiger partial charge is 0.231 e. The minimum absolute atomic E-state index is 0.0313. The quantitative estimate of drug-likeness (QED) is 0.783. The van der Waals surface area contributed by atoms with Crippen molar-refractivity contribution in [3.63, 3.8) is 0 Å². The summed E-state index contributed by atoms with van der Waals surface area (Å²) in [6.45, 7) is 2.47. The number of nitrogens with one attached hydrogen (secondary N) is 1. The summed E-state index contributed by atoms with van der Waals surface area (Å²) in [5.41, 5.74) is 3.40. The third kappa shape index (κ3) is 3.65. The fraction of sp³-hybridized carbons (Fsp3) is 0.364. The van der Waals surface area contributed by atoms with Crippen LogP contribution in [0.5, 0.6) is 17.2 Å². The monoisotopic (exact) mass is 396 g/mol. The molecule has 0 saturated carbocycles. The zero-order valence-corrected chi connectivity index (χ0v) is 16.8. The molecule has 29 heavy (non-hydrogen) atoms. The number of carbonyl (C=O) groups excluding carboxylic acids is 2. The molecule has 2 aromatic rings. The molecule has 0 aromatic heterocycles. The summed E-state index contributed by atoms with van der Waals surface area (Å²) < 4.78 is 16.9. The van der Waals surface area contributed by atoms with Crippen molar-refractivity contribution in [3.05, 3.63) is 47.0 Å². The molecule has 0 radical (unpaired) electrons. The number of amides is 1. The van der Waals surface area contributed by atoms with Gasteiger partial charge in [-0.05, 0) is 49.4 Å². The Morgan fingerprint density at radius 2 is 2.00 bits per heavy atom. The summed E-state index contributed by atoms with van der Waals surface area (Å²) in [6.07, 6.45) is 1.17. The fourth-order valence-corrected chi connectivity index (χ4v) is 4.02. The van der Waals surface area contributed by atoms with Crippen molar-refractivity contribution in [2.24, 2.45) is 0 Å². The van der Waals surface area contributed by atoms with E-state index in [4.69, 9.17) is 14.2 Å². The lowest BCUT2D eigenvalue weighted by molar-refractivity contribution is -0.114. The third-order valence-electron chi connectivity index (χ3n) is 5.45. The van der Waals surface area contributed by atoms with E-state index in [-0.39, 0.29) is 24.5 Å². The predicted molar refractivity (Wildman–Crippen MR) is 108 cm³/mol. The van der Waals surface area contributed by atoms with Gasteiger partial charge in [0.1, 0.15) is 0 Å². The third-order valence-corrected chi connectivity index (χ3v) is 5.45. The minimum Gasteiger partial charge on any atom is -0.492 e. The van der Waals surface area contributed by atoms with Crippen LogP contribution in [0, 0.1) is 0 Å². The predicted octanol–water partition coefficient (Wildman–Crippen LogP) is 3.18. The highest BCUT2D eigenvalue weighted by Gasteiger charge is 2.35. The summed E-state index contributed by atoms with van der Waals surface area (Å²) >= 11 is 0. The van der Waals surface area contributed by atoms with E-state index in [0.717, 1.165) is 24.1 Å². The standard InChI is InChI=1S/C22H24N2O5/c1-13(25)23-16-6-4-14(5-7-16)18(26)11-17-20-15(8-9-24(17)2)10-19-21(22(20)27-3)29-12-28-19/h4-7,10,17H,8-9,11-12H2,1-3H3,(H,23,25). The highest BCUT2D eigenvalue weighted by Crippen LogP contribution is 2.50. The van der Waals surface area contributed by atoms with Crippen LogP contribution < -0.4 is 19.5 Å². The second-order valence-corrected chi connectivity index (χ2v) is 7.35. The van der Waals surface area contributed by atoms with Gasteiger partial charge in [-0.15, -0.1) is 0 Å². The van der Waals surface area contributed by atoms with E-state index in [2.05, 4.69) is 10.2 Å². The van der Waals surface area contributed by atoms with Gasteiger partial charge < -0.3 is 19.5 Å². The summed E-state index contributed by atoms with van der Waals surface area (Å²) in [6, 6.07) is 8.86. The lowest BCUT2D eigenvalue weighted by atomic mass is 9.87. The topological polar surface area (TPSA) is 77.1 Å². The maximum atomic E-state index is 13.0. The van der Waals surface area contributed by atoms with E-state index >= 15 is 0 Å². The Hall–Kier alpha value is -3.06. The molecule has 152 valence electrons. The van der Waals surface area contributed by atoms with E-state index in [1.165, 1.54) is 6.92 Å². The van der Waals surface area contributed by atoms with Crippen LogP contribution in [0.1, 0.15) is 40.9 Å². The van der Waals surface area contributed by atoms with Gasteiger partial charge in [-0.2, -0.15) is 0 Å². The normalized spacial score (nSPS) is 17.6. The van der Waals surface area contributed by atoms with Crippen LogP contribution in [-0.4, -0.2) is 44.1 Å². The number of Topliss-reactive ketones (excluding diaryl/α,β-unsaturated/α-hetero) is 1. The Morgan fingerprint density at radius 3 is 2.69 bits per heavy atom. The first-order valence-corrected chi connectivity index (χ1v) is 9.58. The first kappa shape index (κ1) is 19.3. The van der Waals surface area contributed by atoms with Gasteiger partial charge in [-0.25, -0.2) is 0 Å². The Kier molecular flexibility index (Phi) is 5.15. The molecule has 0 bridgehead atoms. The highest BCUT2D eigenvalue weighted by molar-refractivity contribution is 5.97. The molecule has 0 saturated heterocycles. The van der Waals surface area contributed by atoms with Gasteiger partial charge in [0.05, 0.1) is 7.11 Å². The van der Waals surface area contributed by atoms with Crippen LogP contribution in [0.3, 0.4) is 0 Å². The van der Waals surface area contributed by atoms with Crippen LogP contribution in [0.15, 0.2) is 30.3 Å². The number of anilines is 1. The van der Waals surface area contributed by atoms with Crippen molar-refractivity contribution < 1.29 is 23.8 Å². The summed E-state index contributed by atoms with van der Waals surface area (Å²) in [5.74, 6) is 1.85. The number of hydrogen-bond acceptors (Lipinski definition) is 6. The van der Waals surface area contributed by atoms with Gasteiger partial charge in [-0.3, -0.25) is 14.5 Å². The second-order valence-electron chi connectivity index (χ2n) is 7.35. The number of ketones is 1. The summed E-state index contributed by atoms with van der Waals surface area (Å²) in [5, 5.41) is 2.71. The molecule has 2 aromatic carbocycles. The molecule has 0 aliphatic carbocycles. The molecular formula is C22H24N2O5.